The molecular formula is C12H16N6O. The van der Waals surface area contributed by atoms with Gasteiger partial charge in [-0.1, -0.05) is 11.6 Å². The van der Waals surface area contributed by atoms with Gasteiger partial charge in [-0.15, -0.1) is 0 Å². The second-order valence-electron chi connectivity index (χ2n) is 5.27. The molecule has 0 spiro atoms. The molecule has 0 amide bonds. The first-order valence-electron chi connectivity index (χ1n) is 6.88. The van der Waals surface area contributed by atoms with Crippen LogP contribution < -0.4 is 5.32 Å². The topological polar surface area (TPSA) is 81.7 Å². The molecular weight excluding hydrogens is 244 g/mol. The molecule has 2 aliphatic rings. The quantitative estimate of drug-likeness (QED) is 0.907. The van der Waals surface area contributed by atoms with Gasteiger partial charge in [0.15, 0.2) is 5.82 Å². The lowest BCUT2D eigenvalue weighted by molar-refractivity contribution is 0.362. The molecule has 0 bridgehead atoms. The molecule has 1 unspecified atom stereocenters. The Morgan fingerprint density at radius 1 is 1.26 bits per heavy atom. The van der Waals surface area contributed by atoms with E-state index < -0.39 is 0 Å². The molecule has 3 heterocycles. The van der Waals surface area contributed by atoms with Crippen LogP contribution in [0, 0.1) is 0 Å². The van der Waals surface area contributed by atoms with E-state index in [-0.39, 0.29) is 6.04 Å². The van der Waals surface area contributed by atoms with Gasteiger partial charge in [0.1, 0.15) is 12.2 Å². The van der Waals surface area contributed by atoms with Crippen molar-refractivity contribution in [2.24, 2.45) is 0 Å². The van der Waals surface area contributed by atoms with Crippen molar-refractivity contribution in [3.63, 3.8) is 0 Å². The Balaban J connectivity index is 1.51. The van der Waals surface area contributed by atoms with Gasteiger partial charge < -0.3 is 9.84 Å². The number of nitrogens with one attached hydrogen (secondary N) is 1. The zero-order valence-electron chi connectivity index (χ0n) is 10.6. The zero-order chi connectivity index (χ0) is 12.7. The van der Waals surface area contributed by atoms with Crippen molar-refractivity contribution in [1.82, 2.24) is 24.9 Å². The molecule has 19 heavy (non-hydrogen) atoms. The highest BCUT2D eigenvalue weighted by Gasteiger charge is 2.27. The largest absolute Gasteiger partial charge is 0.328 e. The molecule has 0 saturated heterocycles. The number of aryl methyl sites for hydroxylation is 1. The molecule has 100 valence electrons. The molecule has 1 aliphatic carbocycles. The molecule has 1 atom stereocenters. The molecule has 4 rings (SSSR count). The van der Waals surface area contributed by atoms with Gasteiger partial charge in [0, 0.05) is 12.5 Å². The third-order valence-corrected chi connectivity index (χ3v) is 4.03. The van der Waals surface area contributed by atoms with Crippen LogP contribution in [0.4, 0.5) is 6.01 Å². The first kappa shape index (κ1) is 11.0. The highest BCUT2D eigenvalue weighted by Crippen LogP contribution is 2.35. The maximum Gasteiger partial charge on any atom is 0.322 e. The predicted molar refractivity (Wildman–Crippen MR) is 66.5 cm³/mol. The summed E-state index contributed by atoms with van der Waals surface area (Å²) in [5.74, 6) is 2.29. The zero-order valence-corrected chi connectivity index (χ0v) is 10.6. The molecule has 7 heteroatoms. The number of fused-ring (bicyclic) bond motifs is 1. The van der Waals surface area contributed by atoms with E-state index in [9.17, 15) is 0 Å². The number of aromatic nitrogens is 5. The fourth-order valence-corrected chi connectivity index (χ4v) is 2.70. The molecule has 1 saturated carbocycles. The average molecular weight is 260 g/mol. The van der Waals surface area contributed by atoms with E-state index in [1.807, 2.05) is 4.68 Å². The molecule has 1 N–H and O–H groups in total. The molecule has 2 aromatic rings. The lowest BCUT2D eigenvalue weighted by Crippen LogP contribution is -2.22. The van der Waals surface area contributed by atoms with Crippen LogP contribution in [0.25, 0.3) is 0 Å². The van der Waals surface area contributed by atoms with E-state index in [4.69, 9.17) is 4.52 Å². The Morgan fingerprint density at radius 2 is 2.21 bits per heavy atom. The van der Waals surface area contributed by atoms with Crippen LogP contribution in [0.3, 0.4) is 0 Å². The number of rotatable bonds is 3. The van der Waals surface area contributed by atoms with Crippen LogP contribution in [0.2, 0.25) is 0 Å². The van der Waals surface area contributed by atoms with Gasteiger partial charge in [-0.3, -0.25) is 0 Å². The van der Waals surface area contributed by atoms with E-state index in [1.165, 1.54) is 19.3 Å². The summed E-state index contributed by atoms with van der Waals surface area (Å²) >= 11 is 0. The van der Waals surface area contributed by atoms with Crippen LogP contribution in [0.15, 0.2) is 10.9 Å². The van der Waals surface area contributed by atoms with E-state index in [0.29, 0.717) is 11.9 Å². The number of nitrogens with zero attached hydrogens (tertiary/aromatic N) is 5. The Kier molecular flexibility index (Phi) is 2.49. The first-order valence-corrected chi connectivity index (χ1v) is 6.88. The van der Waals surface area contributed by atoms with Gasteiger partial charge in [-0.2, -0.15) is 10.1 Å². The van der Waals surface area contributed by atoms with Crippen molar-refractivity contribution >= 4 is 6.01 Å². The second-order valence-corrected chi connectivity index (χ2v) is 5.27. The summed E-state index contributed by atoms with van der Waals surface area (Å²) in [7, 11) is 0. The molecule has 1 fully saturated rings. The lowest BCUT2D eigenvalue weighted by Gasteiger charge is -2.22. The predicted octanol–water partition coefficient (Wildman–Crippen LogP) is 1.88. The molecule has 2 aromatic heterocycles. The van der Waals surface area contributed by atoms with E-state index in [1.54, 1.807) is 6.33 Å². The maximum absolute atomic E-state index is 5.29. The smallest absolute Gasteiger partial charge is 0.322 e. The van der Waals surface area contributed by atoms with Crippen molar-refractivity contribution in [2.75, 3.05) is 5.32 Å². The van der Waals surface area contributed by atoms with Gasteiger partial charge in [0.25, 0.3) is 0 Å². The second kappa shape index (κ2) is 4.32. The van der Waals surface area contributed by atoms with E-state index >= 15 is 0 Å². The maximum atomic E-state index is 5.29. The summed E-state index contributed by atoms with van der Waals surface area (Å²) < 4.78 is 7.22. The minimum Gasteiger partial charge on any atom is -0.328 e. The Bertz CT molecular complexity index is 572. The van der Waals surface area contributed by atoms with Crippen molar-refractivity contribution in [2.45, 2.75) is 50.6 Å². The van der Waals surface area contributed by atoms with Gasteiger partial charge >= 0.3 is 6.01 Å². The van der Waals surface area contributed by atoms with Crippen molar-refractivity contribution < 1.29 is 4.52 Å². The summed E-state index contributed by atoms with van der Waals surface area (Å²) in [5, 5.41) is 11.5. The van der Waals surface area contributed by atoms with Crippen LogP contribution in [0.5, 0.6) is 0 Å². The highest BCUT2D eigenvalue weighted by atomic mass is 16.5. The van der Waals surface area contributed by atoms with Crippen LogP contribution >= 0.6 is 0 Å². The van der Waals surface area contributed by atoms with Gasteiger partial charge in [-0.05, 0) is 25.7 Å². The number of hydrogen-bond acceptors (Lipinski definition) is 6. The summed E-state index contributed by atoms with van der Waals surface area (Å²) in [5.41, 5.74) is 0. The van der Waals surface area contributed by atoms with Gasteiger partial charge in [0.05, 0.1) is 6.04 Å². The molecule has 0 aromatic carbocycles. The molecule has 1 aliphatic heterocycles. The average Bonchev–Trinajstić information content (AvgIpc) is 2.96. The van der Waals surface area contributed by atoms with Gasteiger partial charge in [0.2, 0.25) is 0 Å². The molecule has 0 radical (unpaired) electrons. The summed E-state index contributed by atoms with van der Waals surface area (Å²) in [6.07, 6.45) is 7.32. The van der Waals surface area contributed by atoms with Crippen molar-refractivity contribution in [3.8, 4) is 0 Å². The van der Waals surface area contributed by atoms with Crippen molar-refractivity contribution in [1.29, 1.82) is 0 Å². The normalized spacial score (nSPS) is 22.8. The summed E-state index contributed by atoms with van der Waals surface area (Å²) in [4.78, 5) is 8.74. The number of hydrogen-bond donors (Lipinski definition) is 1. The Hall–Kier alpha value is -1.92. The van der Waals surface area contributed by atoms with Crippen LogP contribution in [-0.4, -0.2) is 24.9 Å². The SMILES string of the molecule is c1nc2n(n1)CCCC2Nc1nc(C2CCC2)no1. The lowest BCUT2D eigenvalue weighted by atomic mass is 9.85. The molecule has 7 nitrogen and oxygen atoms in total. The van der Waals surface area contributed by atoms with E-state index in [2.05, 4.69) is 25.5 Å². The highest BCUT2D eigenvalue weighted by molar-refractivity contribution is 5.24. The summed E-state index contributed by atoms with van der Waals surface area (Å²) in [6, 6.07) is 0.620. The summed E-state index contributed by atoms with van der Waals surface area (Å²) in [6.45, 7) is 0.935. The first-order chi connectivity index (χ1) is 9.40. The van der Waals surface area contributed by atoms with E-state index in [0.717, 1.165) is 31.0 Å². The minimum atomic E-state index is 0.117. The Labute approximate surface area is 110 Å². The fourth-order valence-electron chi connectivity index (χ4n) is 2.70. The standard InChI is InChI=1S/C12H16N6O/c1-3-8(4-1)10-16-12(19-17-10)15-9-5-2-6-18-11(9)13-7-14-18/h7-9H,1-6H2,(H,15,16,17). The Morgan fingerprint density at radius 3 is 3.05 bits per heavy atom. The number of anilines is 1. The third kappa shape index (κ3) is 1.89. The van der Waals surface area contributed by atoms with Crippen molar-refractivity contribution in [3.05, 3.63) is 18.0 Å². The van der Waals surface area contributed by atoms with Gasteiger partial charge in [-0.25, -0.2) is 9.67 Å². The monoisotopic (exact) mass is 260 g/mol. The van der Waals surface area contributed by atoms with Crippen LogP contribution in [-0.2, 0) is 6.54 Å². The third-order valence-electron chi connectivity index (χ3n) is 4.03. The van der Waals surface area contributed by atoms with Crippen LogP contribution in [0.1, 0.15) is 55.7 Å². The fraction of sp³-hybridized carbons (Fsp3) is 0.667. The minimum absolute atomic E-state index is 0.117.